The zero-order valence-corrected chi connectivity index (χ0v) is 22.6. The molecule has 1 saturated heterocycles. The summed E-state index contributed by atoms with van der Waals surface area (Å²) in [6.45, 7) is -0.319. The Balaban J connectivity index is 1.37. The fourth-order valence-corrected chi connectivity index (χ4v) is 4.74. The number of carbonyl (C=O) groups is 3. The van der Waals surface area contributed by atoms with E-state index < -0.39 is 42.4 Å². The summed E-state index contributed by atoms with van der Waals surface area (Å²) < 4.78 is 25.3. The lowest BCUT2D eigenvalue weighted by atomic mass is 10.1. The van der Waals surface area contributed by atoms with Crippen LogP contribution in [-0.4, -0.2) is 62.3 Å². The first kappa shape index (κ1) is 27.5. The highest BCUT2D eigenvalue weighted by Gasteiger charge is 2.51. The molecule has 216 valence electrons. The van der Waals surface area contributed by atoms with Crippen LogP contribution in [0.1, 0.15) is 37.3 Å². The van der Waals surface area contributed by atoms with E-state index in [4.69, 9.17) is 24.7 Å². The van der Waals surface area contributed by atoms with Crippen LogP contribution in [0.2, 0.25) is 0 Å². The van der Waals surface area contributed by atoms with E-state index in [2.05, 4.69) is 15.0 Å². The van der Waals surface area contributed by atoms with Gasteiger partial charge >= 0.3 is 17.9 Å². The molecular weight excluding hydrogens is 554 g/mol. The first-order valence-corrected chi connectivity index (χ1v) is 13.3. The van der Waals surface area contributed by atoms with Gasteiger partial charge in [-0.2, -0.15) is 0 Å². The summed E-state index contributed by atoms with van der Waals surface area (Å²) in [7, 11) is 0. The third-order valence-electron chi connectivity index (χ3n) is 6.84. The molecule has 0 amide bonds. The van der Waals surface area contributed by atoms with Gasteiger partial charge in [0, 0.05) is 0 Å². The molecule has 4 atom stereocenters. The molecule has 2 N–H and O–H groups in total. The fourth-order valence-electron chi connectivity index (χ4n) is 4.74. The SMILES string of the molecule is Nc1ncnc2c1ncn2[C@H]1O[C@@H](COC(=O)c2ccccc2)C(OC(=O)c2ccccc2)[C@@H]1OC(=O)c1ccccc1. The van der Waals surface area contributed by atoms with E-state index in [9.17, 15) is 14.4 Å². The van der Waals surface area contributed by atoms with Crippen LogP contribution < -0.4 is 5.73 Å². The number of rotatable bonds is 8. The second kappa shape index (κ2) is 12.1. The third-order valence-corrected chi connectivity index (χ3v) is 6.84. The van der Waals surface area contributed by atoms with Crippen LogP contribution in [0.3, 0.4) is 0 Å². The lowest BCUT2D eigenvalue weighted by Gasteiger charge is -2.25. The molecule has 43 heavy (non-hydrogen) atoms. The van der Waals surface area contributed by atoms with Crippen molar-refractivity contribution in [3.8, 4) is 0 Å². The van der Waals surface area contributed by atoms with E-state index in [-0.39, 0.29) is 23.6 Å². The van der Waals surface area contributed by atoms with Gasteiger partial charge in [0.15, 0.2) is 29.9 Å². The number of nitrogens with two attached hydrogens (primary N) is 1. The molecule has 1 aliphatic rings. The van der Waals surface area contributed by atoms with Gasteiger partial charge in [-0.05, 0) is 36.4 Å². The Labute approximate surface area is 245 Å². The maximum Gasteiger partial charge on any atom is 0.338 e. The van der Waals surface area contributed by atoms with Crippen molar-refractivity contribution in [1.82, 2.24) is 19.5 Å². The van der Waals surface area contributed by atoms with Gasteiger partial charge in [-0.1, -0.05) is 54.6 Å². The lowest BCUT2D eigenvalue weighted by Crippen LogP contribution is -2.41. The Hall–Kier alpha value is -5.62. The zero-order chi connectivity index (χ0) is 29.8. The molecule has 3 aromatic carbocycles. The van der Waals surface area contributed by atoms with Crippen molar-refractivity contribution >= 4 is 34.9 Å². The predicted octanol–water partition coefficient (Wildman–Crippen LogP) is 3.61. The first-order valence-electron chi connectivity index (χ1n) is 13.3. The Morgan fingerprint density at radius 1 is 0.721 bits per heavy atom. The smallest absolute Gasteiger partial charge is 0.338 e. The largest absolute Gasteiger partial charge is 0.459 e. The number of nitrogens with zero attached hydrogens (tertiary/aromatic N) is 4. The summed E-state index contributed by atoms with van der Waals surface area (Å²) in [5.74, 6) is -1.83. The first-order chi connectivity index (χ1) is 21.0. The molecule has 0 saturated carbocycles. The van der Waals surface area contributed by atoms with Crippen LogP contribution in [0.25, 0.3) is 11.2 Å². The van der Waals surface area contributed by atoms with E-state index in [0.717, 1.165) is 0 Å². The monoisotopic (exact) mass is 579 g/mol. The normalized spacial score (nSPS) is 19.5. The van der Waals surface area contributed by atoms with Crippen LogP contribution in [-0.2, 0) is 18.9 Å². The second-order valence-corrected chi connectivity index (χ2v) is 9.58. The van der Waals surface area contributed by atoms with Gasteiger partial charge in [-0.3, -0.25) is 4.57 Å². The molecule has 5 aromatic rings. The van der Waals surface area contributed by atoms with E-state index in [0.29, 0.717) is 16.7 Å². The van der Waals surface area contributed by atoms with E-state index >= 15 is 0 Å². The minimum Gasteiger partial charge on any atom is -0.459 e. The van der Waals surface area contributed by atoms with Crippen molar-refractivity contribution in [2.75, 3.05) is 12.3 Å². The number of nitrogen functional groups attached to an aromatic ring is 1. The number of hydrogen-bond acceptors (Lipinski definition) is 11. The molecule has 1 unspecified atom stereocenters. The maximum atomic E-state index is 13.3. The quantitative estimate of drug-likeness (QED) is 0.211. The summed E-state index contributed by atoms with van der Waals surface area (Å²) in [5.41, 5.74) is 7.48. The molecular formula is C31H25N5O7. The van der Waals surface area contributed by atoms with Crippen molar-refractivity contribution in [1.29, 1.82) is 0 Å². The van der Waals surface area contributed by atoms with Gasteiger partial charge < -0.3 is 24.7 Å². The highest BCUT2D eigenvalue weighted by atomic mass is 16.7. The molecule has 12 heteroatoms. The second-order valence-electron chi connectivity index (χ2n) is 9.58. The maximum absolute atomic E-state index is 13.3. The summed E-state index contributed by atoms with van der Waals surface area (Å²) in [6.07, 6.45) is -1.88. The van der Waals surface area contributed by atoms with Gasteiger partial charge in [-0.15, -0.1) is 0 Å². The fraction of sp³-hybridized carbons (Fsp3) is 0.161. The molecule has 1 aliphatic heterocycles. The number of carbonyl (C=O) groups excluding carboxylic acids is 3. The van der Waals surface area contributed by atoms with E-state index in [1.807, 2.05) is 0 Å². The lowest BCUT2D eigenvalue weighted by molar-refractivity contribution is -0.0606. The molecule has 6 rings (SSSR count). The Kier molecular flexibility index (Phi) is 7.74. The number of fused-ring (bicyclic) bond motifs is 1. The third kappa shape index (κ3) is 5.76. The molecule has 2 aromatic heterocycles. The van der Waals surface area contributed by atoms with E-state index in [1.165, 1.54) is 17.2 Å². The van der Waals surface area contributed by atoms with Crippen LogP contribution >= 0.6 is 0 Å². The Bertz CT molecular complexity index is 1750. The van der Waals surface area contributed by atoms with Gasteiger partial charge in [-0.25, -0.2) is 29.3 Å². The number of imidazole rings is 1. The van der Waals surface area contributed by atoms with Gasteiger partial charge in [0.1, 0.15) is 24.6 Å². The molecule has 1 fully saturated rings. The Morgan fingerprint density at radius 3 is 1.84 bits per heavy atom. The molecule has 0 bridgehead atoms. The zero-order valence-electron chi connectivity index (χ0n) is 22.6. The van der Waals surface area contributed by atoms with Crippen molar-refractivity contribution in [2.45, 2.75) is 24.5 Å². The highest BCUT2D eigenvalue weighted by molar-refractivity contribution is 5.91. The summed E-state index contributed by atoms with van der Waals surface area (Å²) >= 11 is 0. The van der Waals surface area contributed by atoms with Gasteiger partial charge in [0.25, 0.3) is 0 Å². The number of esters is 3. The minimum absolute atomic E-state index is 0.139. The molecule has 0 radical (unpaired) electrons. The number of ether oxygens (including phenoxy) is 4. The minimum atomic E-state index is -1.21. The molecule has 3 heterocycles. The van der Waals surface area contributed by atoms with E-state index in [1.54, 1.807) is 91.0 Å². The average molecular weight is 580 g/mol. The standard InChI is InChI=1S/C31H25N5O7/c32-26-23-27(34-17-33-26)36(18-35-23)28-25(43-31(39)21-14-8-3-9-15-21)24(42-30(38)20-12-6-2-7-13-20)22(41-28)16-40-29(37)19-10-4-1-5-11-19/h1-15,17-18,22,24-25,28H,16H2,(H2,32,33,34)/t22-,24?,25-,28-/m0/s1. The van der Waals surface area contributed by atoms with Gasteiger partial charge in [0.05, 0.1) is 23.0 Å². The molecule has 0 spiro atoms. The van der Waals surface area contributed by atoms with Crippen molar-refractivity contribution in [3.05, 3.63) is 120 Å². The Morgan fingerprint density at radius 2 is 1.26 bits per heavy atom. The van der Waals surface area contributed by atoms with Crippen molar-refractivity contribution in [2.24, 2.45) is 0 Å². The number of benzene rings is 3. The molecule has 0 aliphatic carbocycles. The topological polar surface area (TPSA) is 158 Å². The predicted molar refractivity (Wildman–Crippen MR) is 152 cm³/mol. The molecule has 12 nitrogen and oxygen atoms in total. The number of aromatic nitrogens is 4. The highest BCUT2D eigenvalue weighted by Crippen LogP contribution is 2.37. The van der Waals surface area contributed by atoms with Crippen LogP contribution in [0.5, 0.6) is 0 Å². The summed E-state index contributed by atoms with van der Waals surface area (Å²) in [4.78, 5) is 52.0. The van der Waals surface area contributed by atoms with Crippen LogP contribution in [0.15, 0.2) is 104 Å². The summed E-state index contributed by atoms with van der Waals surface area (Å²) in [6, 6.07) is 25.1. The van der Waals surface area contributed by atoms with Crippen LogP contribution in [0.4, 0.5) is 5.82 Å². The van der Waals surface area contributed by atoms with Crippen molar-refractivity contribution in [3.63, 3.8) is 0 Å². The van der Waals surface area contributed by atoms with Crippen LogP contribution in [0, 0.1) is 0 Å². The number of anilines is 1. The van der Waals surface area contributed by atoms with Crippen molar-refractivity contribution < 1.29 is 33.3 Å². The summed E-state index contributed by atoms with van der Waals surface area (Å²) in [5, 5.41) is 0. The average Bonchev–Trinajstić information content (AvgIpc) is 3.63. The van der Waals surface area contributed by atoms with Gasteiger partial charge in [0.2, 0.25) is 0 Å². The number of hydrogen-bond donors (Lipinski definition) is 1.